The molecular weight excluding hydrogens is 211 g/mol. The van der Waals surface area contributed by atoms with E-state index in [-0.39, 0.29) is 0 Å². The van der Waals surface area contributed by atoms with Crippen LogP contribution in [0, 0.1) is 0 Å². The molecule has 7 heavy (non-hydrogen) atoms. The smallest absolute Gasteiger partial charge is 0.158 e. The van der Waals surface area contributed by atoms with Gasteiger partial charge in [-0.05, 0) is 6.42 Å². The van der Waals surface area contributed by atoms with E-state index in [1.54, 1.807) is 23.0 Å². The van der Waals surface area contributed by atoms with Crippen molar-refractivity contribution in [1.82, 2.24) is 0 Å². The van der Waals surface area contributed by atoms with Gasteiger partial charge in [-0.1, -0.05) is 12.0 Å². The quantitative estimate of drug-likeness (QED) is 0.310. The van der Waals surface area contributed by atoms with Crippen molar-refractivity contribution in [3.8, 4) is 0 Å². The molecule has 0 aromatic rings. The van der Waals surface area contributed by atoms with Gasteiger partial charge in [0.2, 0.25) is 0 Å². The Labute approximate surface area is 56.5 Å². The lowest BCUT2D eigenvalue weighted by Gasteiger charge is -1.92. The van der Waals surface area contributed by atoms with Crippen LogP contribution >= 0.6 is 23.0 Å². The zero-order valence-corrected chi connectivity index (χ0v) is 6.17. The Balaban J connectivity index is 2.45. The second-order valence-electron chi connectivity index (χ2n) is 0.953. The predicted molar refractivity (Wildman–Crippen MR) is 32.4 cm³/mol. The normalized spacial score (nSPS) is 9.43. The third-order valence-electron chi connectivity index (χ3n) is 0.361. The Kier molecular flexibility index (Phi) is 7.19. The molecule has 3 nitrogen and oxygen atoms in total. The summed E-state index contributed by atoms with van der Waals surface area (Å²) in [7, 11) is 0. The Bertz CT molecular complexity index is 29.4. The topological polar surface area (TPSA) is 27.7 Å². The van der Waals surface area contributed by atoms with E-state index in [0.717, 1.165) is 6.42 Å². The van der Waals surface area contributed by atoms with Gasteiger partial charge in [0.25, 0.3) is 0 Å². The molecule has 0 atom stereocenters. The van der Waals surface area contributed by atoms with Crippen LogP contribution < -0.4 is 0 Å². The van der Waals surface area contributed by atoms with Gasteiger partial charge >= 0.3 is 0 Å². The summed E-state index contributed by atoms with van der Waals surface area (Å²) in [5.74, 6) is 0. The molecule has 0 aromatic heterocycles. The van der Waals surface area contributed by atoms with Gasteiger partial charge in [-0.25, -0.2) is 4.89 Å². The van der Waals surface area contributed by atoms with Crippen LogP contribution in [-0.4, -0.2) is 6.61 Å². The van der Waals surface area contributed by atoms with Crippen molar-refractivity contribution < 1.29 is 13.1 Å². The molecule has 0 saturated carbocycles. The minimum atomic E-state index is 0.572. The second kappa shape index (κ2) is 6.61. The minimum absolute atomic E-state index is 0.572. The van der Waals surface area contributed by atoms with E-state index in [9.17, 15) is 0 Å². The first kappa shape index (κ1) is 7.61. The van der Waals surface area contributed by atoms with Crippen molar-refractivity contribution in [2.75, 3.05) is 6.61 Å². The summed E-state index contributed by atoms with van der Waals surface area (Å²) >= 11 is 1.58. The van der Waals surface area contributed by atoms with Crippen LogP contribution in [0.2, 0.25) is 0 Å². The lowest BCUT2D eigenvalue weighted by molar-refractivity contribution is -0.447. The largest absolute Gasteiger partial charge is 0.205 e. The molecule has 44 valence electrons. The zero-order valence-electron chi connectivity index (χ0n) is 4.02. The van der Waals surface area contributed by atoms with E-state index < -0.39 is 0 Å². The third kappa shape index (κ3) is 6.61. The highest BCUT2D eigenvalue weighted by atomic mass is 127. The van der Waals surface area contributed by atoms with Crippen molar-refractivity contribution in [2.24, 2.45) is 0 Å². The number of hydrogen-bond donors (Lipinski definition) is 0. The summed E-state index contributed by atoms with van der Waals surface area (Å²) in [5, 5.41) is 4.06. The summed E-state index contributed by atoms with van der Waals surface area (Å²) in [6.07, 6.45) is 0.931. The van der Waals surface area contributed by atoms with Gasteiger partial charge in [0.1, 0.15) is 0 Å². The van der Waals surface area contributed by atoms with Crippen LogP contribution in [-0.2, 0) is 13.1 Å². The lowest BCUT2D eigenvalue weighted by atomic mass is 10.5. The van der Waals surface area contributed by atoms with Crippen LogP contribution in [0.1, 0.15) is 13.3 Å². The summed E-state index contributed by atoms with van der Waals surface area (Å²) in [6, 6.07) is 0. The first-order valence-corrected chi connectivity index (χ1v) is 2.86. The molecule has 0 aliphatic rings. The third-order valence-corrected chi connectivity index (χ3v) is 0.508. The molecule has 0 aliphatic heterocycles. The van der Waals surface area contributed by atoms with Crippen molar-refractivity contribution in [2.45, 2.75) is 13.3 Å². The molecule has 0 amide bonds. The molecule has 0 bridgehead atoms. The Morgan fingerprint density at radius 2 is 2.29 bits per heavy atom. The van der Waals surface area contributed by atoms with E-state index in [1.165, 1.54) is 0 Å². The predicted octanol–water partition coefficient (Wildman–Crippen LogP) is 1.63. The molecule has 0 N–H and O–H groups in total. The first-order chi connectivity index (χ1) is 3.41. The van der Waals surface area contributed by atoms with Crippen molar-refractivity contribution >= 4 is 23.0 Å². The molecule has 0 aromatic carbocycles. The molecule has 0 spiro atoms. The molecule has 0 unspecified atom stereocenters. The molecular formula is C3H7IO3. The van der Waals surface area contributed by atoms with E-state index in [2.05, 4.69) is 13.1 Å². The highest BCUT2D eigenvalue weighted by Crippen LogP contribution is 1.88. The number of hydrogen-bond acceptors (Lipinski definition) is 3. The average molecular weight is 218 g/mol. The molecule has 0 fully saturated rings. The number of rotatable bonds is 4. The summed E-state index contributed by atoms with van der Waals surface area (Å²) in [6.45, 7) is 2.56. The monoisotopic (exact) mass is 218 g/mol. The van der Waals surface area contributed by atoms with Crippen LogP contribution in [0.15, 0.2) is 0 Å². The Hall–Kier alpha value is 0.610. The molecule has 0 saturated heterocycles. The maximum atomic E-state index is 4.40. The fourth-order valence-corrected chi connectivity index (χ4v) is 0.239. The summed E-state index contributed by atoms with van der Waals surface area (Å²) < 4.78 is 4.09. The van der Waals surface area contributed by atoms with Crippen LogP contribution in [0.3, 0.4) is 0 Å². The Morgan fingerprint density at radius 1 is 1.57 bits per heavy atom. The van der Waals surface area contributed by atoms with E-state index >= 15 is 0 Å². The van der Waals surface area contributed by atoms with Gasteiger partial charge in [0.15, 0.2) is 23.0 Å². The maximum Gasteiger partial charge on any atom is 0.158 e. The van der Waals surface area contributed by atoms with Gasteiger partial charge in [-0.3, -0.25) is 0 Å². The highest BCUT2D eigenvalue weighted by molar-refractivity contribution is 14.1. The van der Waals surface area contributed by atoms with Crippen LogP contribution in [0.25, 0.3) is 0 Å². The maximum absolute atomic E-state index is 4.40. The lowest BCUT2D eigenvalue weighted by Crippen LogP contribution is -1.90. The van der Waals surface area contributed by atoms with Gasteiger partial charge in [-0.2, -0.15) is 0 Å². The molecule has 0 heterocycles. The summed E-state index contributed by atoms with van der Waals surface area (Å²) in [5.41, 5.74) is 0. The zero-order chi connectivity index (χ0) is 5.54. The van der Waals surface area contributed by atoms with Gasteiger partial charge in [0.05, 0.1) is 6.61 Å². The van der Waals surface area contributed by atoms with Gasteiger partial charge in [0, 0.05) is 0 Å². The van der Waals surface area contributed by atoms with E-state index in [0.29, 0.717) is 6.61 Å². The standard InChI is InChI=1S/C3H7IO3/c1-2-3-5-7-6-4/h2-3H2,1H3. The van der Waals surface area contributed by atoms with E-state index in [4.69, 9.17) is 0 Å². The summed E-state index contributed by atoms with van der Waals surface area (Å²) in [4.78, 5) is 4.40. The SMILES string of the molecule is CCCOOOI. The number of halogens is 1. The van der Waals surface area contributed by atoms with Crippen LogP contribution in [0.4, 0.5) is 0 Å². The highest BCUT2D eigenvalue weighted by Gasteiger charge is 1.80. The average Bonchev–Trinajstić information content (AvgIpc) is 1.69. The minimum Gasteiger partial charge on any atom is -0.205 e. The first-order valence-electron chi connectivity index (χ1n) is 1.98. The van der Waals surface area contributed by atoms with Crippen molar-refractivity contribution in [3.63, 3.8) is 0 Å². The molecule has 4 heteroatoms. The van der Waals surface area contributed by atoms with Crippen molar-refractivity contribution in [3.05, 3.63) is 0 Å². The second-order valence-corrected chi connectivity index (χ2v) is 1.31. The van der Waals surface area contributed by atoms with Gasteiger partial charge in [-0.15, -0.1) is 3.22 Å². The fraction of sp³-hybridized carbons (Fsp3) is 1.00. The molecule has 0 radical (unpaired) electrons. The molecule has 0 aliphatic carbocycles. The van der Waals surface area contributed by atoms with Crippen molar-refractivity contribution in [1.29, 1.82) is 0 Å². The Morgan fingerprint density at radius 3 is 2.71 bits per heavy atom. The molecule has 0 rings (SSSR count). The van der Waals surface area contributed by atoms with Gasteiger partial charge < -0.3 is 0 Å². The van der Waals surface area contributed by atoms with E-state index in [1.807, 2.05) is 6.92 Å². The fourth-order valence-electron chi connectivity index (χ4n) is 0.136. The van der Waals surface area contributed by atoms with Crippen LogP contribution in [0.5, 0.6) is 0 Å².